The number of carbonyl (C=O) groups excluding carboxylic acids is 2. The Kier molecular flexibility index (Phi) is 3.87. The van der Waals surface area contributed by atoms with Gasteiger partial charge in [-0.3, -0.25) is 9.59 Å². The lowest BCUT2D eigenvalue weighted by Crippen LogP contribution is -2.52. The minimum Gasteiger partial charge on any atom is -0.327 e. The molecule has 0 radical (unpaired) electrons. The SMILES string of the molecule is O=C(c1ccccc1F)N1CCN(c2ccccc2)C(=O)C1. The van der Waals surface area contributed by atoms with Gasteiger partial charge in [0.15, 0.2) is 0 Å². The first kappa shape index (κ1) is 14.3. The zero-order chi connectivity index (χ0) is 15.5. The molecule has 2 amide bonds. The van der Waals surface area contributed by atoms with E-state index in [1.807, 2.05) is 30.3 Å². The fraction of sp³-hybridized carbons (Fsp3) is 0.176. The zero-order valence-corrected chi connectivity index (χ0v) is 11.9. The smallest absolute Gasteiger partial charge is 0.257 e. The minimum absolute atomic E-state index is 0.00320. The van der Waals surface area contributed by atoms with E-state index in [1.54, 1.807) is 11.0 Å². The first-order valence-corrected chi connectivity index (χ1v) is 7.06. The Bertz CT molecular complexity index is 703. The topological polar surface area (TPSA) is 40.6 Å². The minimum atomic E-state index is -0.564. The molecule has 1 saturated heterocycles. The third kappa shape index (κ3) is 2.70. The van der Waals surface area contributed by atoms with Crippen molar-refractivity contribution in [2.24, 2.45) is 0 Å². The number of piperazine rings is 1. The molecule has 1 aliphatic rings. The molecule has 2 aromatic carbocycles. The van der Waals surface area contributed by atoms with Crippen LogP contribution in [0.2, 0.25) is 0 Å². The summed E-state index contributed by atoms with van der Waals surface area (Å²) in [5.74, 6) is -1.17. The van der Waals surface area contributed by atoms with Gasteiger partial charge in [-0.1, -0.05) is 30.3 Å². The molecular weight excluding hydrogens is 283 g/mol. The number of anilines is 1. The van der Waals surface area contributed by atoms with Gasteiger partial charge in [0.25, 0.3) is 5.91 Å². The molecule has 1 fully saturated rings. The van der Waals surface area contributed by atoms with E-state index in [1.165, 1.54) is 23.1 Å². The van der Waals surface area contributed by atoms with Gasteiger partial charge in [-0.15, -0.1) is 0 Å². The van der Waals surface area contributed by atoms with E-state index < -0.39 is 11.7 Å². The molecule has 0 bridgehead atoms. The Balaban J connectivity index is 1.74. The van der Waals surface area contributed by atoms with Gasteiger partial charge in [-0.05, 0) is 24.3 Å². The second kappa shape index (κ2) is 5.97. The van der Waals surface area contributed by atoms with Crippen molar-refractivity contribution in [3.05, 3.63) is 66.0 Å². The molecule has 0 N–H and O–H groups in total. The Morgan fingerprint density at radius 1 is 0.955 bits per heavy atom. The van der Waals surface area contributed by atoms with Gasteiger partial charge in [0.1, 0.15) is 12.4 Å². The summed E-state index contributed by atoms with van der Waals surface area (Å²) in [6.07, 6.45) is 0. The number of hydrogen-bond acceptors (Lipinski definition) is 2. The zero-order valence-electron chi connectivity index (χ0n) is 11.9. The van der Waals surface area contributed by atoms with E-state index in [4.69, 9.17) is 0 Å². The predicted molar refractivity (Wildman–Crippen MR) is 81.1 cm³/mol. The van der Waals surface area contributed by atoms with Crippen LogP contribution in [0.5, 0.6) is 0 Å². The standard InChI is InChI=1S/C17H15FN2O2/c18-15-9-5-4-8-14(15)17(22)19-10-11-20(16(21)12-19)13-6-2-1-3-7-13/h1-9H,10-12H2. The average molecular weight is 298 g/mol. The Labute approximate surface area is 127 Å². The van der Waals surface area contributed by atoms with Crippen LogP contribution in [0.15, 0.2) is 54.6 Å². The number of amides is 2. The number of rotatable bonds is 2. The van der Waals surface area contributed by atoms with Crippen molar-refractivity contribution in [2.45, 2.75) is 0 Å². The highest BCUT2D eigenvalue weighted by Gasteiger charge is 2.29. The first-order chi connectivity index (χ1) is 10.7. The van der Waals surface area contributed by atoms with Crippen molar-refractivity contribution in [1.29, 1.82) is 0 Å². The van der Waals surface area contributed by atoms with Crippen molar-refractivity contribution in [1.82, 2.24) is 4.90 Å². The van der Waals surface area contributed by atoms with E-state index in [0.29, 0.717) is 13.1 Å². The number of hydrogen-bond donors (Lipinski definition) is 0. The van der Waals surface area contributed by atoms with Crippen LogP contribution < -0.4 is 4.90 Å². The van der Waals surface area contributed by atoms with Crippen LogP contribution in [-0.2, 0) is 4.79 Å². The van der Waals surface area contributed by atoms with E-state index in [0.717, 1.165) is 5.69 Å². The summed E-state index contributed by atoms with van der Waals surface area (Å²) < 4.78 is 13.7. The van der Waals surface area contributed by atoms with Gasteiger partial charge in [-0.2, -0.15) is 0 Å². The molecule has 0 aromatic heterocycles. The lowest BCUT2D eigenvalue weighted by Gasteiger charge is -2.34. The molecule has 1 heterocycles. The van der Waals surface area contributed by atoms with Crippen LogP contribution in [0.25, 0.3) is 0 Å². The van der Waals surface area contributed by atoms with Crippen LogP contribution in [-0.4, -0.2) is 36.3 Å². The summed E-state index contributed by atoms with van der Waals surface area (Å²) >= 11 is 0. The number of para-hydroxylation sites is 1. The number of halogens is 1. The maximum absolute atomic E-state index is 13.7. The second-order valence-corrected chi connectivity index (χ2v) is 5.09. The Morgan fingerprint density at radius 2 is 1.64 bits per heavy atom. The van der Waals surface area contributed by atoms with Gasteiger partial charge in [0.05, 0.1) is 5.56 Å². The maximum Gasteiger partial charge on any atom is 0.257 e. The van der Waals surface area contributed by atoms with E-state index >= 15 is 0 Å². The summed E-state index contributed by atoms with van der Waals surface area (Å²) in [6.45, 7) is 0.749. The van der Waals surface area contributed by atoms with Gasteiger partial charge < -0.3 is 9.80 Å². The van der Waals surface area contributed by atoms with Crippen LogP contribution in [0, 0.1) is 5.82 Å². The van der Waals surface area contributed by atoms with Crippen LogP contribution in [0.3, 0.4) is 0 Å². The molecule has 1 aliphatic heterocycles. The molecule has 2 aromatic rings. The van der Waals surface area contributed by atoms with Gasteiger partial charge in [0, 0.05) is 18.8 Å². The normalized spacial score (nSPS) is 15.0. The summed E-state index contributed by atoms with van der Waals surface area (Å²) in [6, 6.07) is 15.1. The fourth-order valence-electron chi connectivity index (χ4n) is 2.53. The predicted octanol–water partition coefficient (Wildman–Crippen LogP) is 2.31. The summed E-state index contributed by atoms with van der Waals surface area (Å²) in [5, 5.41) is 0. The van der Waals surface area contributed by atoms with Crippen molar-refractivity contribution in [3.63, 3.8) is 0 Å². The molecule has 0 aliphatic carbocycles. The largest absolute Gasteiger partial charge is 0.327 e. The number of nitrogens with zero attached hydrogens (tertiary/aromatic N) is 2. The first-order valence-electron chi connectivity index (χ1n) is 7.06. The third-order valence-electron chi connectivity index (χ3n) is 3.68. The monoisotopic (exact) mass is 298 g/mol. The summed E-state index contributed by atoms with van der Waals surface area (Å²) in [4.78, 5) is 27.6. The molecule has 22 heavy (non-hydrogen) atoms. The molecule has 5 heteroatoms. The summed E-state index contributed by atoms with van der Waals surface area (Å²) in [7, 11) is 0. The van der Waals surface area contributed by atoms with Crippen LogP contribution in [0.1, 0.15) is 10.4 Å². The van der Waals surface area contributed by atoms with Gasteiger partial charge >= 0.3 is 0 Å². The lowest BCUT2D eigenvalue weighted by molar-refractivity contribution is -0.120. The quantitative estimate of drug-likeness (QED) is 0.853. The highest BCUT2D eigenvalue weighted by molar-refractivity contribution is 6.01. The highest BCUT2D eigenvalue weighted by Crippen LogP contribution is 2.18. The molecule has 3 rings (SSSR count). The number of benzene rings is 2. The second-order valence-electron chi connectivity index (χ2n) is 5.09. The molecule has 0 unspecified atom stereocenters. The van der Waals surface area contributed by atoms with Gasteiger partial charge in [-0.25, -0.2) is 4.39 Å². The third-order valence-corrected chi connectivity index (χ3v) is 3.68. The van der Waals surface area contributed by atoms with E-state index in [-0.39, 0.29) is 18.0 Å². The van der Waals surface area contributed by atoms with E-state index in [2.05, 4.69) is 0 Å². The summed E-state index contributed by atoms with van der Waals surface area (Å²) in [5.41, 5.74) is 0.814. The Hall–Kier alpha value is -2.69. The van der Waals surface area contributed by atoms with Crippen molar-refractivity contribution < 1.29 is 14.0 Å². The van der Waals surface area contributed by atoms with Crippen molar-refractivity contribution in [3.8, 4) is 0 Å². The molecule has 0 spiro atoms. The molecular formula is C17H15FN2O2. The fourth-order valence-corrected chi connectivity index (χ4v) is 2.53. The molecule has 0 atom stereocenters. The van der Waals surface area contributed by atoms with Crippen LogP contribution >= 0.6 is 0 Å². The average Bonchev–Trinajstić information content (AvgIpc) is 2.55. The Morgan fingerprint density at radius 3 is 2.32 bits per heavy atom. The highest BCUT2D eigenvalue weighted by atomic mass is 19.1. The lowest BCUT2D eigenvalue weighted by atomic mass is 10.1. The van der Waals surface area contributed by atoms with Crippen LogP contribution in [0.4, 0.5) is 10.1 Å². The maximum atomic E-state index is 13.7. The van der Waals surface area contributed by atoms with E-state index in [9.17, 15) is 14.0 Å². The molecule has 0 saturated carbocycles. The number of carbonyl (C=O) groups is 2. The van der Waals surface area contributed by atoms with Crippen molar-refractivity contribution in [2.75, 3.05) is 24.5 Å². The van der Waals surface area contributed by atoms with Gasteiger partial charge in [0.2, 0.25) is 5.91 Å². The molecule has 112 valence electrons. The van der Waals surface area contributed by atoms with Crippen molar-refractivity contribution >= 4 is 17.5 Å². The molecule has 4 nitrogen and oxygen atoms in total.